The zero-order valence-corrected chi connectivity index (χ0v) is 14.1. The first-order chi connectivity index (χ1) is 9.06. The van der Waals surface area contributed by atoms with Crippen molar-refractivity contribution in [1.82, 2.24) is 9.55 Å². The van der Waals surface area contributed by atoms with E-state index < -0.39 is 0 Å². The minimum Gasteiger partial charge on any atom is -0.369 e. The van der Waals surface area contributed by atoms with Crippen LogP contribution < -0.4 is 5.73 Å². The summed E-state index contributed by atoms with van der Waals surface area (Å²) in [6.07, 6.45) is 0. The van der Waals surface area contributed by atoms with Crippen LogP contribution >= 0.6 is 50.1 Å². The van der Waals surface area contributed by atoms with Crippen LogP contribution in [-0.4, -0.2) is 9.55 Å². The average molecular weight is 448 g/mol. The lowest BCUT2D eigenvalue weighted by atomic mass is 10.3. The van der Waals surface area contributed by atoms with Gasteiger partial charge in [-0.3, -0.25) is 4.57 Å². The normalized spacial score (nSPS) is 11.1. The minimum absolute atomic E-state index is 0.427. The lowest BCUT2D eigenvalue weighted by molar-refractivity contribution is 1.11. The van der Waals surface area contributed by atoms with Gasteiger partial charge in [0.2, 0.25) is 5.95 Å². The Kier molecular flexibility index (Phi) is 3.44. The molecule has 0 fully saturated rings. The van der Waals surface area contributed by atoms with Crippen molar-refractivity contribution in [2.24, 2.45) is 0 Å². The third-order valence-corrected chi connectivity index (χ3v) is 4.26. The summed E-state index contributed by atoms with van der Waals surface area (Å²) in [7, 11) is 0. The minimum atomic E-state index is 0.427. The van der Waals surface area contributed by atoms with Crippen molar-refractivity contribution in [2.45, 2.75) is 0 Å². The van der Waals surface area contributed by atoms with Gasteiger partial charge in [0.05, 0.1) is 21.7 Å². The highest BCUT2D eigenvalue weighted by Crippen LogP contribution is 2.30. The molecule has 0 saturated heterocycles. The molecule has 3 aromatic rings. The van der Waals surface area contributed by atoms with Crippen molar-refractivity contribution >= 4 is 67.1 Å². The Morgan fingerprint density at radius 2 is 2.00 bits per heavy atom. The number of aromatic nitrogens is 2. The van der Waals surface area contributed by atoms with Gasteiger partial charge in [-0.15, -0.1) is 0 Å². The highest BCUT2D eigenvalue weighted by Gasteiger charge is 2.13. The van der Waals surface area contributed by atoms with Crippen LogP contribution in [0.4, 0.5) is 5.95 Å². The number of hydrogen-bond donors (Lipinski definition) is 1. The van der Waals surface area contributed by atoms with Crippen molar-refractivity contribution < 1.29 is 0 Å². The number of nitrogens with two attached hydrogens (primary N) is 1. The summed E-state index contributed by atoms with van der Waals surface area (Å²) in [4.78, 5) is 4.35. The summed E-state index contributed by atoms with van der Waals surface area (Å²) in [5.74, 6) is 0.427. The molecule has 3 rings (SSSR count). The van der Waals surface area contributed by atoms with E-state index in [1.807, 2.05) is 41.0 Å². The van der Waals surface area contributed by atoms with Gasteiger partial charge in [0.15, 0.2) is 0 Å². The maximum Gasteiger partial charge on any atom is 0.205 e. The van der Waals surface area contributed by atoms with E-state index in [0.29, 0.717) is 11.0 Å². The van der Waals surface area contributed by atoms with Crippen LogP contribution in [0.25, 0.3) is 16.7 Å². The second kappa shape index (κ2) is 4.96. The first-order valence-electron chi connectivity index (χ1n) is 5.45. The Bertz CT molecular complexity index is 785. The summed E-state index contributed by atoms with van der Waals surface area (Å²) >= 11 is 12.0. The number of benzene rings is 2. The van der Waals surface area contributed by atoms with Crippen LogP contribution in [0.1, 0.15) is 0 Å². The topological polar surface area (TPSA) is 43.8 Å². The van der Waals surface area contributed by atoms with Gasteiger partial charge in [0.1, 0.15) is 0 Å². The summed E-state index contributed by atoms with van der Waals surface area (Å²) in [6, 6.07) is 11.7. The van der Waals surface area contributed by atoms with Gasteiger partial charge >= 0.3 is 0 Å². The van der Waals surface area contributed by atoms with Crippen LogP contribution in [0.2, 0.25) is 5.02 Å². The zero-order valence-electron chi connectivity index (χ0n) is 9.57. The fourth-order valence-corrected chi connectivity index (χ4v) is 3.27. The van der Waals surface area contributed by atoms with E-state index in [2.05, 4.69) is 43.5 Å². The molecule has 19 heavy (non-hydrogen) atoms. The van der Waals surface area contributed by atoms with E-state index in [1.54, 1.807) is 0 Å². The number of rotatable bonds is 1. The second-order valence-electron chi connectivity index (χ2n) is 4.03. The molecule has 0 unspecified atom stereocenters. The van der Waals surface area contributed by atoms with Crippen LogP contribution in [-0.2, 0) is 0 Å². The van der Waals surface area contributed by atoms with E-state index in [1.165, 1.54) is 0 Å². The van der Waals surface area contributed by atoms with Crippen molar-refractivity contribution in [1.29, 1.82) is 0 Å². The molecule has 0 aliphatic rings. The number of hydrogen-bond acceptors (Lipinski definition) is 2. The SMILES string of the molecule is Nc1nc2ccc(Br)cc2n1-c1ccc(I)cc1Cl. The summed E-state index contributed by atoms with van der Waals surface area (Å²) < 4.78 is 3.91. The fraction of sp³-hybridized carbons (Fsp3) is 0. The summed E-state index contributed by atoms with van der Waals surface area (Å²) in [5, 5.41) is 0.651. The quantitative estimate of drug-likeness (QED) is 0.552. The van der Waals surface area contributed by atoms with Gasteiger partial charge in [-0.1, -0.05) is 27.5 Å². The Hall–Kier alpha value is -0.790. The summed E-state index contributed by atoms with van der Waals surface area (Å²) in [5.41, 5.74) is 8.62. The van der Waals surface area contributed by atoms with Crippen molar-refractivity contribution in [2.75, 3.05) is 5.73 Å². The smallest absolute Gasteiger partial charge is 0.205 e. The molecule has 0 radical (unpaired) electrons. The number of fused-ring (bicyclic) bond motifs is 1. The molecule has 0 atom stereocenters. The highest BCUT2D eigenvalue weighted by molar-refractivity contribution is 14.1. The van der Waals surface area contributed by atoms with Gasteiger partial charge in [-0.05, 0) is 59.0 Å². The molecule has 1 heterocycles. The Labute approximate surface area is 137 Å². The fourth-order valence-electron chi connectivity index (χ4n) is 1.98. The predicted octanol–water partition coefficient (Wildman–Crippen LogP) is 4.63. The van der Waals surface area contributed by atoms with E-state index >= 15 is 0 Å². The van der Waals surface area contributed by atoms with Crippen molar-refractivity contribution in [3.8, 4) is 5.69 Å². The van der Waals surface area contributed by atoms with Gasteiger partial charge < -0.3 is 5.73 Å². The number of anilines is 1. The van der Waals surface area contributed by atoms with Gasteiger partial charge in [-0.2, -0.15) is 0 Å². The maximum absolute atomic E-state index is 6.31. The van der Waals surface area contributed by atoms with Crippen LogP contribution in [0.15, 0.2) is 40.9 Å². The van der Waals surface area contributed by atoms with Crippen molar-refractivity contribution in [3.05, 3.63) is 49.5 Å². The molecule has 0 amide bonds. The van der Waals surface area contributed by atoms with E-state index in [9.17, 15) is 0 Å². The molecule has 2 aromatic carbocycles. The Morgan fingerprint density at radius 1 is 1.21 bits per heavy atom. The number of nitrogens with zero attached hydrogens (tertiary/aromatic N) is 2. The molecular weight excluding hydrogens is 440 g/mol. The lowest BCUT2D eigenvalue weighted by Gasteiger charge is -2.09. The lowest BCUT2D eigenvalue weighted by Crippen LogP contribution is -2.01. The monoisotopic (exact) mass is 447 g/mol. The maximum atomic E-state index is 6.31. The third kappa shape index (κ3) is 2.34. The number of nitrogen functional groups attached to an aromatic ring is 1. The largest absolute Gasteiger partial charge is 0.369 e. The molecule has 2 N–H and O–H groups in total. The number of imidazole rings is 1. The predicted molar refractivity (Wildman–Crippen MR) is 90.9 cm³/mol. The standard InChI is InChI=1S/C13H8BrClIN3/c14-7-1-3-10-12(5-7)19(13(17)18-10)11-4-2-8(16)6-9(11)15/h1-6H,(H2,17,18). The molecule has 96 valence electrons. The first-order valence-corrected chi connectivity index (χ1v) is 7.70. The molecule has 1 aromatic heterocycles. The van der Waals surface area contributed by atoms with E-state index in [0.717, 1.165) is 24.8 Å². The highest BCUT2D eigenvalue weighted by atomic mass is 127. The van der Waals surface area contributed by atoms with Crippen LogP contribution in [0, 0.1) is 3.57 Å². The summed E-state index contributed by atoms with van der Waals surface area (Å²) in [6.45, 7) is 0. The molecule has 0 aliphatic carbocycles. The van der Waals surface area contributed by atoms with Gasteiger partial charge in [0, 0.05) is 8.04 Å². The molecule has 0 bridgehead atoms. The first kappa shape index (κ1) is 13.2. The molecule has 0 spiro atoms. The molecule has 0 aliphatic heterocycles. The Morgan fingerprint density at radius 3 is 2.74 bits per heavy atom. The molecule has 3 nitrogen and oxygen atoms in total. The van der Waals surface area contributed by atoms with E-state index in [-0.39, 0.29) is 0 Å². The van der Waals surface area contributed by atoms with Gasteiger partial charge in [0.25, 0.3) is 0 Å². The van der Waals surface area contributed by atoms with Crippen molar-refractivity contribution in [3.63, 3.8) is 0 Å². The van der Waals surface area contributed by atoms with Gasteiger partial charge in [-0.25, -0.2) is 4.98 Å². The molecule has 0 saturated carbocycles. The molecule has 6 heteroatoms. The Balaban J connectivity index is 2.35. The zero-order chi connectivity index (χ0) is 13.6. The second-order valence-corrected chi connectivity index (χ2v) is 6.60. The average Bonchev–Trinajstić information content (AvgIpc) is 2.65. The van der Waals surface area contributed by atoms with E-state index in [4.69, 9.17) is 17.3 Å². The third-order valence-electron chi connectivity index (χ3n) is 2.79. The van der Waals surface area contributed by atoms with Crippen LogP contribution in [0.3, 0.4) is 0 Å². The van der Waals surface area contributed by atoms with Crippen LogP contribution in [0.5, 0.6) is 0 Å². The number of halogens is 3. The molecular formula is C13H8BrClIN3.